The molecule has 0 saturated carbocycles. The first kappa shape index (κ1) is 14.2. The second kappa shape index (κ2) is 4.81. The number of likely N-dealkylation sites (tertiary alicyclic amines) is 1. The molecule has 1 aliphatic rings. The van der Waals surface area contributed by atoms with Gasteiger partial charge in [-0.05, 0) is 6.42 Å². The van der Waals surface area contributed by atoms with Crippen LogP contribution >= 0.6 is 0 Å². The minimum absolute atomic E-state index is 0.109. The normalized spacial score (nSPS) is 22.4. The van der Waals surface area contributed by atoms with Crippen LogP contribution in [0.25, 0.3) is 0 Å². The summed E-state index contributed by atoms with van der Waals surface area (Å²) in [6.45, 7) is 1.52. The van der Waals surface area contributed by atoms with Gasteiger partial charge in [-0.1, -0.05) is 6.92 Å². The highest BCUT2D eigenvalue weighted by atomic mass is 19.4. The van der Waals surface area contributed by atoms with Crippen molar-refractivity contribution in [2.75, 3.05) is 13.1 Å². The van der Waals surface area contributed by atoms with E-state index in [0.717, 1.165) is 0 Å². The molecule has 1 aliphatic heterocycles. The predicted molar refractivity (Wildman–Crippen MR) is 55.1 cm³/mol. The molecule has 4 nitrogen and oxygen atoms in total. The molecule has 100 valence electrons. The molecule has 1 fully saturated rings. The van der Waals surface area contributed by atoms with E-state index in [1.165, 1.54) is 4.90 Å². The number of rotatable bonds is 2. The Morgan fingerprint density at radius 3 is 2.29 bits per heavy atom. The van der Waals surface area contributed by atoms with Crippen molar-refractivity contribution in [2.45, 2.75) is 44.0 Å². The lowest BCUT2D eigenvalue weighted by atomic mass is 9.90. The summed E-state index contributed by atoms with van der Waals surface area (Å²) in [5.41, 5.74) is 2.86. The molecule has 1 heterocycles. The van der Waals surface area contributed by atoms with Crippen LogP contribution in [0, 0.1) is 0 Å². The van der Waals surface area contributed by atoms with Crippen molar-refractivity contribution in [2.24, 2.45) is 5.73 Å². The second-order valence-electron chi connectivity index (χ2n) is 4.37. The lowest BCUT2D eigenvalue weighted by Crippen LogP contribution is -2.56. The largest absolute Gasteiger partial charge is 0.417 e. The number of hydrogen-bond donors (Lipinski definition) is 2. The van der Waals surface area contributed by atoms with Gasteiger partial charge in [0, 0.05) is 25.9 Å². The summed E-state index contributed by atoms with van der Waals surface area (Å²) in [5.74, 6) is -0.350. The van der Waals surface area contributed by atoms with E-state index >= 15 is 0 Å². The Bertz CT molecular complexity index is 286. The lowest BCUT2D eigenvalue weighted by molar-refractivity contribution is -0.272. The van der Waals surface area contributed by atoms with Crippen molar-refractivity contribution in [1.29, 1.82) is 0 Å². The number of alkyl halides is 3. The van der Waals surface area contributed by atoms with Crippen LogP contribution in [0.15, 0.2) is 0 Å². The van der Waals surface area contributed by atoms with Crippen LogP contribution in [0.2, 0.25) is 0 Å². The van der Waals surface area contributed by atoms with E-state index in [9.17, 15) is 23.1 Å². The fourth-order valence-electron chi connectivity index (χ4n) is 1.79. The third-order valence-electron chi connectivity index (χ3n) is 3.19. The van der Waals surface area contributed by atoms with Gasteiger partial charge < -0.3 is 15.7 Å². The molecule has 0 bridgehead atoms. The van der Waals surface area contributed by atoms with E-state index in [-0.39, 0.29) is 19.0 Å². The zero-order valence-electron chi connectivity index (χ0n) is 9.63. The monoisotopic (exact) mass is 254 g/mol. The Kier molecular flexibility index (Phi) is 4.03. The highest BCUT2D eigenvalue weighted by Gasteiger charge is 2.54. The minimum Gasteiger partial charge on any atom is -0.380 e. The van der Waals surface area contributed by atoms with Crippen LogP contribution in [-0.4, -0.2) is 46.8 Å². The van der Waals surface area contributed by atoms with E-state index in [1.807, 2.05) is 0 Å². The molecule has 0 aromatic heterocycles. The molecular weight excluding hydrogens is 237 g/mol. The molecule has 0 radical (unpaired) electrons. The molecule has 1 atom stereocenters. The zero-order chi connectivity index (χ0) is 13.3. The Morgan fingerprint density at radius 2 is 1.94 bits per heavy atom. The first-order valence-electron chi connectivity index (χ1n) is 5.55. The molecule has 7 heteroatoms. The maximum atomic E-state index is 12.5. The molecular formula is C10H17F3N2O2. The standard InChI is InChI=1S/C10H17F3N2O2/c1-2-7(14)8(16)15-5-3-9(17,4-6-15)10(11,12)13/h7,17H,2-6,14H2,1H3/t7-/m1/s1. The molecule has 17 heavy (non-hydrogen) atoms. The molecule has 0 aliphatic carbocycles. The van der Waals surface area contributed by atoms with Crippen molar-refractivity contribution >= 4 is 5.91 Å². The Morgan fingerprint density at radius 1 is 1.47 bits per heavy atom. The number of halogens is 3. The van der Waals surface area contributed by atoms with Gasteiger partial charge in [0.15, 0.2) is 5.60 Å². The summed E-state index contributed by atoms with van der Waals surface area (Å²) >= 11 is 0. The molecule has 1 amide bonds. The Balaban J connectivity index is 2.60. The van der Waals surface area contributed by atoms with E-state index in [4.69, 9.17) is 5.73 Å². The molecule has 0 aromatic rings. The Labute approximate surface area is 97.6 Å². The van der Waals surface area contributed by atoms with Gasteiger partial charge in [0.25, 0.3) is 0 Å². The third-order valence-corrected chi connectivity index (χ3v) is 3.19. The average Bonchev–Trinajstić information content (AvgIpc) is 2.26. The van der Waals surface area contributed by atoms with Gasteiger partial charge in [-0.15, -0.1) is 0 Å². The van der Waals surface area contributed by atoms with Crippen LogP contribution in [0.1, 0.15) is 26.2 Å². The molecule has 0 spiro atoms. The number of nitrogens with two attached hydrogens (primary N) is 1. The number of piperidine rings is 1. The highest BCUT2D eigenvalue weighted by molar-refractivity contribution is 5.81. The number of carbonyl (C=O) groups is 1. The maximum Gasteiger partial charge on any atom is 0.417 e. The number of aliphatic hydroxyl groups is 1. The number of amides is 1. The third kappa shape index (κ3) is 2.90. The summed E-state index contributed by atoms with van der Waals surface area (Å²) in [6.07, 6.45) is -5.18. The zero-order valence-corrected chi connectivity index (χ0v) is 9.63. The SMILES string of the molecule is CC[C@@H](N)C(=O)N1CCC(O)(C(F)(F)F)CC1. The summed E-state index contributed by atoms with van der Waals surface area (Å²) in [7, 11) is 0. The maximum absolute atomic E-state index is 12.5. The van der Waals surface area contributed by atoms with Crippen molar-refractivity contribution in [3.05, 3.63) is 0 Å². The summed E-state index contributed by atoms with van der Waals surface area (Å²) in [4.78, 5) is 12.9. The van der Waals surface area contributed by atoms with Crippen LogP contribution < -0.4 is 5.73 Å². The lowest BCUT2D eigenvalue weighted by Gasteiger charge is -2.39. The van der Waals surface area contributed by atoms with Gasteiger partial charge in [0.2, 0.25) is 5.91 Å². The van der Waals surface area contributed by atoms with E-state index in [0.29, 0.717) is 6.42 Å². The van der Waals surface area contributed by atoms with Gasteiger partial charge in [-0.25, -0.2) is 0 Å². The van der Waals surface area contributed by atoms with Crippen molar-refractivity contribution in [3.63, 3.8) is 0 Å². The van der Waals surface area contributed by atoms with Crippen LogP contribution in [0.3, 0.4) is 0 Å². The summed E-state index contributed by atoms with van der Waals surface area (Å²) in [6, 6.07) is -0.674. The number of carbonyl (C=O) groups excluding carboxylic acids is 1. The van der Waals surface area contributed by atoms with Crippen LogP contribution in [-0.2, 0) is 4.79 Å². The first-order valence-corrected chi connectivity index (χ1v) is 5.55. The predicted octanol–water partition coefficient (Wildman–Crippen LogP) is 0.639. The van der Waals surface area contributed by atoms with Gasteiger partial charge in [-0.3, -0.25) is 4.79 Å². The van der Waals surface area contributed by atoms with Gasteiger partial charge in [0.05, 0.1) is 6.04 Å². The van der Waals surface area contributed by atoms with E-state index < -0.39 is 30.7 Å². The topological polar surface area (TPSA) is 66.6 Å². The molecule has 3 N–H and O–H groups in total. The molecule has 0 unspecified atom stereocenters. The van der Waals surface area contributed by atoms with Gasteiger partial charge in [0.1, 0.15) is 0 Å². The average molecular weight is 254 g/mol. The summed E-state index contributed by atoms with van der Waals surface area (Å²) < 4.78 is 37.5. The van der Waals surface area contributed by atoms with Gasteiger partial charge >= 0.3 is 6.18 Å². The summed E-state index contributed by atoms with van der Waals surface area (Å²) in [5, 5.41) is 9.41. The van der Waals surface area contributed by atoms with Crippen LogP contribution in [0.5, 0.6) is 0 Å². The second-order valence-corrected chi connectivity index (χ2v) is 4.37. The fraction of sp³-hybridized carbons (Fsp3) is 0.900. The fourth-order valence-corrected chi connectivity index (χ4v) is 1.79. The van der Waals surface area contributed by atoms with Crippen LogP contribution in [0.4, 0.5) is 13.2 Å². The van der Waals surface area contributed by atoms with E-state index in [2.05, 4.69) is 0 Å². The number of hydrogen-bond acceptors (Lipinski definition) is 3. The quantitative estimate of drug-likeness (QED) is 0.760. The van der Waals surface area contributed by atoms with Gasteiger partial charge in [-0.2, -0.15) is 13.2 Å². The molecule has 1 saturated heterocycles. The Hall–Kier alpha value is -0.820. The molecule has 0 aromatic carbocycles. The molecule has 1 rings (SSSR count). The number of nitrogens with zero attached hydrogens (tertiary/aromatic N) is 1. The van der Waals surface area contributed by atoms with E-state index in [1.54, 1.807) is 6.92 Å². The van der Waals surface area contributed by atoms with Crippen molar-refractivity contribution < 1.29 is 23.1 Å². The highest BCUT2D eigenvalue weighted by Crippen LogP contribution is 2.38. The van der Waals surface area contributed by atoms with Crippen molar-refractivity contribution in [1.82, 2.24) is 4.90 Å². The smallest absolute Gasteiger partial charge is 0.380 e. The van der Waals surface area contributed by atoms with Crippen molar-refractivity contribution in [3.8, 4) is 0 Å². The minimum atomic E-state index is -4.64. The first-order chi connectivity index (χ1) is 7.71.